The van der Waals surface area contributed by atoms with Gasteiger partial charge in [0.15, 0.2) is 0 Å². The van der Waals surface area contributed by atoms with Crippen LogP contribution in [-0.4, -0.2) is 24.5 Å². The first kappa shape index (κ1) is 16.6. The van der Waals surface area contributed by atoms with E-state index in [0.717, 1.165) is 25.3 Å². The summed E-state index contributed by atoms with van der Waals surface area (Å²) in [6, 6.07) is 17.5. The van der Waals surface area contributed by atoms with Gasteiger partial charge in [0, 0.05) is 24.5 Å². The van der Waals surface area contributed by atoms with Crippen LogP contribution >= 0.6 is 0 Å². The van der Waals surface area contributed by atoms with Crippen LogP contribution in [0.3, 0.4) is 0 Å². The SMILES string of the molecule is Cc1ccc(N(c2ccc(C)cc2)C(C)(C)C2=NCCCN2)cc1. The van der Waals surface area contributed by atoms with Gasteiger partial charge in [0.05, 0.1) is 5.54 Å². The van der Waals surface area contributed by atoms with Crippen molar-refractivity contribution in [3.63, 3.8) is 0 Å². The molecule has 2 aromatic carbocycles. The first-order valence-electron chi connectivity index (χ1n) is 8.71. The zero-order valence-corrected chi connectivity index (χ0v) is 15.1. The van der Waals surface area contributed by atoms with E-state index in [1.54, 1.807) is 0 Å². The summed E-state index contributed by atoms with van der Waals surface area (Å²) in [7, 11) is 0. The van der Waals surface area contributed by atoms with Crippen molar-refractivity contribution in [2.45, 2.75) is 39.7 Å². The lowest BCUT2D eigenvalue weighted by Crippen LogP contribution is -2.54. The molecular weight excluding hydrogens is 294 g/mol. The fourth-order valence-corrected chi connectivity index (χ4v) is 3.23. The molecule has 1 aliphatic rings. The number of hydrogen-bond acceptors (Lipinski definition) is 3. The Hall–Kier alpha value is -2.29. The van der Waals surface area contributed by atoms with Gasteiger partial charge in [-0.05, 0) is 58.4 Å². The van der Waals surface area contributed by atoms with Crippen molar-refractivity contribution in [2.24, 2.45) is 4.99 Å². The molecule has 1 N–H and O–H groups in total. The summed E-state index contributed by atoms with van der Waals surface area (Å²) in [5, 5.41) is 3.51. The third-order valence-corrected chi connectivity index (χ3v) is 4.62. The van der Waals surface area contributed by atoms with Crippen molar-refractivity contribution >= 4 is 17.2 Å². The molecule has 3 rings (SSSR count). The van der Waals surface area contributed by atoms with E-state index >= 15 is 0 Å². The van der Waals surface area contributed by atoms with Gasteiger partial charge in [-0.2, -0.15) is 0 Å². The summed E-state index contributed by atoms with van der Waals surface area (Å²) >= 11 is 0. The monoisotopic (exact) mass is 321 g/mol. The van der Waals surface area contributed by atoms with Gasteiger partial charge in [0.25, 0.3) is 0 Å². The lowest BCUT2D eigenvalue weighted by molar-refractivity contribution is 0.607. The van der Waals surface area contributed by atoms with Gasteiger partial charge in [0.2, 0.25) is 0 Å². The number of aliphatic imine (C=N–C) groups is 1. The molecule has 0 aliphatic carbocycles. The van der Waals surface area contributed by atoms with Crippen LogP contribution in [-0.2, 0) is 0 Å². The number of nitrogens with zero attached hydrogens (tertiary/aromatic N) is 2. The number of benzene rings is 2. The van der Waals surface area contributed by atoms with E-state index in [-0.39, 0.29) is 5.54 Å². The molecule has 1 heterocycles. The first-order valence-corrected chi connectivity index (χ1v) is 8.71. The summed E-state index contributed by atoms with van der Waals surface area (Å²) in [5.74, 6) is 1.06. The molecule has 24 heavy (non-hydrogen) atoms. The molecule has 1 aliphatic heterocycles. The highest BCUT2D eigenvalue weighted by Crippen LogP contribution is 2.34. The van der Waals surface area contributed by atoms with Crippen LogP contribution in [0.15, 0.2) is 53.5 Å². The van der Waals surface area contributed by atoms with Crippen LogP contribution in [0.2, 0.25) is 0 Å². The summed E-state index contributed by atoms with van der Waals surface area (Å²) < 4.78 is 0. The van der Waals surface area contributed by atoms with Gasteiger partial charge in [-0.3, -0.25) is 4.99 Å². The highest BCUT2D eigenvalue weighted by Gasteiger charge is 2.34. The van der Waals surface area contributed by atoms with Crippen molar-refractivity contribution in [1.29, 1.82) is 0 Å². The smallest absolute Gasteiger partial charge is 0.122 e. The molecule has 0 radical (unpaired) electrons. The molecule has 0 unspecified atom stereocenters. The second kappa shape index (κ2) is 6.68. The maximum Gasteiger partial charge on any atom is 0.122 e. The maximum absolute atomic E-state index is 4.77. The van der Waals surface area contributed by atoms with Crippen LogP contribution in [0.25, 0.3) is 0 Å². The van der Waals surface area contributed by atoms with Crippen molar-refractivity contribution < 1.29 is 0 Å². The predicted octanol–water partition coefficient (Wildman–Crippen LogP) is 4.61. The van der Waals surface area contributed by atoms with Gasteiger partial charge >= 0.3 is 0 Å². The third kappa shape index (κ3) is 3.30. The lowest BCUT2D eigenvalue weighted by atomic mass is 9.96. The summed E-state index contributed by atoms with van der Waals surface area (Å²) in [5.41, 5.74) is 4.67. The quantitative estimate of drug-likeness (QED) is 0.890. The molecule has 2 aromatic rings. The number of aryl methyl sites for hydroxylation is 2. The van der Waals surface area contributed by atoms with E-state index in [1.165, 1.54) is 22.5 Å². The molecule has 0 saturated heterocycles. The Morgan fingerprint density at radius 3 is 1.79 bits per heavy atom. The molecule has 0 saturated carbocycles. The van der Waals surface area contributed by atoms with Gasteiger partial charge in [0.1, 0.15) is 5.84 Å². The third-order valence-electron chi connectivity index (χ3n) is 4.62. The average Bonchev–Trinajstić information content (AvgIpc) is 2.59. The van der Waals surface area contributed by atoms with Gasteiger partial charge in [-0.25, -0.2) is 0 Å². The van der Waals surface area contributed by atoms with Crippen molar-refractivity contribution in [1.82, 2.24) is 5.32 Å². The van der Waals surface area contributed by atoms with E-state index in [1.807, 2.05) is 0 Å². The standard InChI is InChI=1S/C21H27N3/c1-16-6-10-18(11-7-16)24(19-12-8-17(2)9-13-19)21(3,4)20-22-14-5-15-23-20/h6-13H,5,14-15H2,1-4H3,(H,22,23). The van der Waals surface area contributed by atoms with Crippen LogP contribution in [0.1, 0.15) is 31.4 Å². The number of hydrogen-bond donors (Lipinski definition) is 1. The highest BCUT2D eigenvalue weighted by molar-refractivity contribution is 5.96. The normalized spacial score (nSPS) is 14.8. The Morgan fingerprint density at radius 2 is 1.38 bits per heavy atom. The Kier molecular flexibility index (Phi) is 4.61. The Morgan fingerprint density at radius 1 is 0.875 bits per heavy atom. The van der Waals surface area contributed by atoms with Gasteiger partial charge in [-0.15, -0.1) is 0 Å². The van der Waals surface area contributed by atoms with E-state index in [2.05, 4.69) is 86.4 Å². The van der Waals surface area contributed by atoms with Crippen molar-refractivity contribution in [3.05, 3.63) is 59.7 Å². The van der Waals surface area contributed by atoms with E-state index in [0.29, 0.717) is 0 Å². The molecule has 0 aromatic heterocycles. The molecule has 0 atom stereocenters. The fourth-order valence-electron chi connectivity index (χ4n) is 3.23. The minimum atomic E-state index is -0.245. The zero-order chi connectivity index (χ0) is 17.2. The van der Waals surface area contributed by atoms with E-state index < -0.39 is 0 Å². The minimum Gasteiger partial charge on any atom is -0.372 e. The molecule has 0 bridgehead atoms. The Bertz CT molecular complexity index is 666. The van der Waals surface area contributed by atoms with Crippen molar-refractivity contribution in [2.75, 3.05) is 18.0 Å². The Labute approximate surface area is 145 Å². The summed E-state index contributed by atoms with van der Waals surface area (Å²) in [6.07, 6.45) is 1.11. The largest absolute Gasteiger partial charge is 0.372 e. The molecule has 0 fully saturated rings. The van der Waals surface area contributed by atoms with Crippen LogP contribution < -0.4 is 10.2 Å². The van der Waals surface area contributed by atoms with Gasteiger partial charge in [-0.1, -0.05) is 35.4 Å². The molecule has 126 valence electrons. The minimum absolute atomic E-state index is 0.245. The van der Waals surface area contributed by atoms with E-state index in [4.69, 9.17) is 4.99 Å². The number of amidine groups is 1. The molecule has 3 nitrogen and oxygen atoms in total. The summed E-state index contributed by atoms with van der Waals surface area (Å²) in [6.45, 7) is 10.6. The summed E-state index contributed by atoms with van der Waals surface area (Å²) in [4.78, 5) is 7.15. The van der Waals surface area contributed by atoms with E-state index in [9.17, 15) is 0 Å². The lowest BCUT2D eigenvalue weighted by Gasteiger charge is -2.42. The highest BCUT2D eigenvalue weighted by atomic mass is 15.2. The molecule has 3 heteroatoms. The van der Waals surface area contributed by atoms with Crippen LogP contribution in [0.5, 0.6) is 0 Å². The average molecular weight is 321 g/mol. The maximum atomic E-state index is 4.77. The van der Waals surface area contributed by atoms with Gasteiger partial charge < -0.3 is 10.2 Å². The van der Waals surface area contributed by atoms with Crippen LogP contribution in [0, 0.1) is 13.8 Å². The fraction of sp³-hybridized carbons (Fsp3) is 0.381. The molecule has 0 spiro atoms. The van der Waals surface area contributed by atoms with Crippen molar-refractivity contribution in [3.8, 4) is 0 Å². The number of nitrogens with one attached hydrogen (secondary N) is 1. The second-order valence-electron chi connectivity index (χ2n) is 7.08. The predicted molar refractivity (Wildman–Crippen MR) is 103 cm³/mol. The number of anilines is 2. The number of rotatable bonds is 4. The molecular formula is C21H27N3. The Balaban J connectivity index is 2.08. The second-order valence-corrected chi connectivity index (χ2v) is 7.08. The van der Waals surface area contributed by atoms with Crippen LogP contribution in [0.4, 0.5) is 11.4 Å². The first-order chi connectivity index (χ1) is 11.5. The molecule has 0 amide bonds. The zero-order valence-electron chi connectivity index (χ0n) is 15.1. The topological polar surface area (TPSA) is 27.6 Å².